The molecule has 31 heavy (non-hydrogen) atoms. The van der Waals surface area contributed by atoms with Gasteiger partial charge < -0.3 is 9.84 Å². The first kappa shape index (κ1) is 23.0. The van der Waals surface area contributed by atoms with Crippen molar-refractivity contribution < 1.29 is 19.4 Å². The average molecular weight is 431 g/mol. The number of fused-ring (bicyclic) bond motifs is 5. The van der Waals surface area contributed by atoms with Crippen molar-refractivity contribution in [3.8, 4) is 0 Å². The van der Waals surface area contributed by atoms with Crippen molar-refractivity contribution in [3.63, 3.8) is 0 Å². The molecule has 174 valence electrons. The highest BCUT2D eigenvalue weighted by atomic mass is 16.5. The van der Waals surface area contributed by atoms with Crippen molar-refractivity contribution in [2.45, 2.75) is 91.6 Å². The Balaban J connectivity index is 1.61. The normalized spacial score (nSPS) is 46.8. The van der Waals surface area contributed by atoms with Crippen LogP contribution in [0.4, 0.5) is 0 Å². The molecule has 1 N–H and O–H groups in total. The van der Waals surface area contributed by atoms with E-state index in [-0.39, 0.29) is 34.7 Å². The van der Waals surface area contributed by atoms with Gasteiger partial charge in [-0.2, -0.15) is 0 Å². The van der Waals surface area contributed by atoms with E-state index >= 15 is 0 Å². The molecule has 4 heteroatoms. The highest BCUT2D eigenvalue weighted by Crippen LogP contribution is 2.68. The summed E-state index contributed by atoms with van der Waals surface area (Å²) in [5.74, 6) is 2.57. The molecule has 0 aliphatic heterocycles. The van der Waals surface area contributed by atoms with Crippen molar-refractivity contribution >= 4 is 11.8 Å². The monoisotopic (exact) mass is 430 g/mol. The Morgan fingerprint density at radius 1 is 1.16 bits per heavy atom. The first-order chi connectivity index (χ1) is 14.7. The maximum Gasteiger partial charge on any atom is 0.305 e. The first-order valence-corrected chi connectivity index (χ1v) is 12.6. The second-order valence-electron chi connectivity index (χ2n) is 11.7. The molecule has 0 heterocycles. The summed E-state index contributed by atoms with van der Waals surface area (Å²) in [6.45, 7) is 9.18. The molecule has 0 radical (unpaired) electrons. The zero-order valence-corrected chi connectivity index (χ0v) is 20.2. The number of hydrogen-bond acceptors (Lipinski definition) is 4. The molecule has 4 fully saturated rings. The van der Waals surface area contributed by atoms with Crippen molar-refractivity contribution in [1.29, 1.82) is 0 Å². The van der Waals surface area contributed by atoms with E-state index in [0.717, 1.165) is 44.1 Å². The first-order valence-electron chi connectivity index (χ1n) is 12.6. The van der Waals surface area contributed by atoms with E-state index in [1.54, 1.807) is 0 Å². The zero-order valence-electron chi connectivity index (χ0n) is 20.2. The molecule has 2 unspecified atom stereocenters. The van der Waals surface area contributed by atoms with Crippen LogP contribution in [0.25, 0.3) is 0 Å². The van der Waals surface area contributed by atoms with Gasteiger partial charge >= 0.3 is 5.97 Å². The summed E-state index contributed by atoms with van der Waals surface area (Å²) in [6, 6.07) is 0. The molecule has 0 amide bonds. The van der Waals surface area contributed by atoms with Gasteiger partial charge in [0.1, 0.15) is 0 Å². The van der Waals surface area contributed by atoms with Gasteiger partial charge in [0.15, 0.2) is 5.78 Å². The summed E-state index contributed by atoms with van der Waals surface area (Å²) in [7, 11) is 1.47. The number of esters is 1. The lowest BCUT2D eigenvalue weighted by molar-refractivity contribution is -0.150. The van der Waals surface area contributed by atoms with Gasteiger partial charge in [0, 0.05) is 12.3 Å². The molecule has 4 aliphatic rings. The number of Topliss-reactive ketones (excluding diaryl/α,β-unsaturated/α-hetero) is 1. The molecule has 4 rings (SSSR count). The fraction of sp³-hybridized carbons (Fsp3) is 0.852. The third-order valence-electron chi connectivity index (χ3n) is 10.5. The molecule has 4 nitrogen and oxygen atoms in total. The molecule has 0 aromatic rings. The average Bonchev–Trinajstić information content (AvgIpc) is 3.10. The van der Waals surface area contributed by atoms with E-state index < -0.39 is 0 Å². The van der Waals surface area contributed by atoms with Crippen LogP contribution in [-0.2, 0) is 14.3 Å². The maximum absolute atomic E-state index is 13.9. The molecule has 4 saturated carbocycles. The van der Waals surface area contributed by atoms with Gasteiger partial charge in [-0.25, -0.2) is 0 Å². The van der Waals surface area contributed by atoms with E-state index in [2.05, 4.69) is 26.8 Å². The SMILES string of the molecule is C/C=C1/C(=O)C2C(CC[C@]3(C)[C@@H]([C@H](C)CCC(=O)OC)CC[C@@H]23)[C@@]2(C)CC[C@@H](O)C[C@@H]12. The summed E-state index contributed by atoms with van der Waals surface area (Å²) < 4.78 is 4.87. The van der Waals surface area contributed by atoms with E-state index in [0.29, 0.717) is 35.9 Å². The van der Waals surface area contributed by atoms with Crippen molar-refractivity contribution in [2.75, 3.05) is 7.11 Å². The Morgan fingerprint density at radius 2 is 1.84 bits per heavy atom. The molecule has 0 aromatic heterocycles. The van der Waals surface area contributed by atoms with Crippen LogP contribution in [0.15, 0.2) is 11.6 Å². The molecular formula is C27H42O4. The minimum atomic E-state index is -0.266. The highest BCUT2D eigenvalue weighted by Gasteiger charge is 2.64. The topological polar surface area (TPSA) is 63.6 Å². The fourth-order valence-corrected chi connectivity index (χ4v) is 8.81. The lowest BCUT2D eigenvalue weighted by Gasteiger charge is -2.61. The second-order valence-corrected chi connectivity index (χ2v) is 11.7. The predicted octanol–water partition coefficient (Wildman–Crippen LogP) is 5.33. The molecule has 9 atom stereocenters. The van der Waals surface area contributed by atoms with E-state index in [4.69, 9.17) is 4.74 Å². The summed E-state index contributed by atoms with van der Waals surface area (Å²) in [6.07, 6.45) is 10.4. The number of ether oxygens (including phenoxy) is 1. The van der Waals surface area contributed by atoms with Crippen LogP contribution in [0.2, 0.25) is 0 Å². The third kappa shape index (κ3) is 3.52. The lowest BCUT2D eigenvalue weighted by Crippen LogP contribution is -2.58. The van der Waals surface area contributed by atoms with Gasteiger partial charge in [-0.05, 0) is 104 Å². The van der Waals surface area contributed by atoms with Crippen LogP contribution >= 0.6 is 0 Å². The standard InChI is InChI=1S/C27H42O4/c1-6-18-22-15-17(28)11-13-27(22,4)21-12-14-26(3)19(16(2)7-10-23(29)31-5)8-9-20(26)24(21)25(18)30/h6,16-17,19-22,24,28H,7-15H2,1-5H3/b18-6+/t16-,17-,19-,20+,21?,22+,24?,26-,27-/m1/s1. The quantitative estimate of drug-likeness (QED) is 0.484. The molecule has 0 saturated heterocycles. The largest absolute Gasteiger partial charge is 0.469 e. The van der Waals surface area contributed by atoms with Crippen LogP contribution < -0.4 is 0 Å². The fourth-order valence-electron chi connectivity index (χ4n) is 8.81. The van der Waals surface area contributed by atoms with Crippen LogP contribution in [0.3, 0.4) is 0 Å². The Bertz CT molecular complexity index is 756. The van der Waals surface area contributed by atoms with Crippen molar-refractivity contribution in [3.05, 3.63) is 11.6 Å². The lowest BCUT2D eigenvalue weighted by atomic mass is 9.43. The van der Waals surface area contributed by atoms with Crippen LogP contribution in [0.5, 0.6) is 0 Å². The number of aliphatic hydroxyl groups is 1. The number of aliphatic hydroxyl groups excluding tert-OH is 1. The summed E-state index contributed by atoms with van der Waals surface area (Å²) in [5, 5.41) is 10.4. The zero-order chi connectivity index (χ0) is 22.6. The van der Waals surface area contributed by atoms with Gasteiger partial charge in [-0.1, -0.05) is 26.8 Å². The highest BCUT2D eigenvalue weighted by molar-refractivity contribution is 5.99. The Labute approximate surface area is 188 Å². The molecule has 0 aromatic carbocycles. The van der Waals surface area contributed by atoms with Gasteiger partial charge in [-0.3, -0.25) is 9.59 Å². The number of hydrogen-bond donors (Lipinski definition) is 1. The molecule has 0 bridgehead atoms. The minimum absolute atomic E-state index is 0.117. The smallest absolute Gasteiger partial charge is 0.305 e. The Morgan fingerprint density at radius 3 is 2.52 bits per heavy atom. The van der Waals surface area contributed by atoms with Crippen LogP contribution in [0, 0.1) is 46.3 Å². The third-order valence-corrected chi connectivity index (χ3v) is 10.5. The number of carbonyl (C=O) groups excluding carboxylic acids is 2. The van der Waals surface area contributed by atoms with Gasteiger partial charge in [0.05, 0.1) is 13.2 Å². The van der Waals surface area contributed by atoms with E-state index in [1.807, 2.05) is 6.92 Å². The summed E-state index contributed by atoms with van der Waals surface area (Å²) in [4.78, 5) is 25.6. The number of methoxy groups -OCH3 is 1. The van der Waals surface area contributed by atoms with Crippen molar-refractivity contribution in [2.24, 2.45) is 46.3 Å². The van der Waals surface area contributed by atoms with Crippen LogP contribution in [0.1, 0.15) is 85.5 Å². The van der Waals surface area contributed by atoms with Crippen molar-refractivity contribution in [1.82, 2.24) is 0 Å². The van der Waals surface area contributed by atoms with Gasteiger partial charge in [-0.15, -0.1) is 0 Å². The molecular weight excluding hydrogens is 388 g/mol. The summed E-state index contributed by atoms with van der Waals surface area (Å²) in [5.41, 5.74) is 1.33. The van der Waals surface area contributed by atoms with E-state index in [1.165, 1.54) is 20.0 Å². The molecule has 0 spiro atoms. The Kier molecular flexibility index (Phi) is 6.17. The minimum Gasteiger partial charge on any atom is -0.469 e. The molecule has 4 aliphatic carbocycles. The Hall–Kier alpha value is -1.16. The predicted molar refractivity (Wildman–Crippen MR) is 121 cm³/mol. The van der Waals surface area contributed by atoms with E-state index in [9.17, 15) is 14.7 Å². The maximum atomic E-state index is 13.9. The van der Waals surface area contributed by atoms with Gasteiger partial charge in [0.25, 0.3) is 0 Å². The number of ketones is 1. The second kappa shape index (κ2) is 8.32. The van der Waals surface area contributed by atoms with Crippen LogP contribution in [-0.4, -0.2) is 30.1 Å². The number of allylic oxidation sites excluding steroid dienone is 2. The number of rotatable bonds is 4. The summed E-state index contributed by atoms with van der Waals surface area (Å²) >= 11 is 0. The van der Waals surface area contributed by atoms with Gasteiger partial charge in [0.2, 0.25) is 0 Å². The number of carbonyl (C=O) groups is 2.